The Kier molecular flexibility index (Phi) is 3.60. The van der Waals surface area contributed by atoms with Crippen molar-refractivity contribution in [2.24, 2.45) is 5.92 Å². The van der Waals surface area contributed by atoms with Crippen LogP contribution in [0.5, 0.6) is 0 Å². The highest BCUT2D eigenvalue weighted by Crippen LogP contribution is 2.25. The van der Waals surface area contributed by atoms with E-state index < -0.39 is 0 Å². The number of benzene rings is 1. The first-order valence-corrected chi connectivity index (χ1v) is 5.77. The van der Waals surface area contributed by atoms with Crippen molar-refractivity contribution in [1.82, 2.24) is 5.32 Å². The van der Waals surface area contributed by atoms with Crippen molar-refractivity contribution in [1.29, 1.82) is 0 Å². The maximum Gasteiger partial charge on any atom is 0.125 e. The van der Waals surface area contributed by atoms with E-state index in [2.05, 4.69) is 5.32 Å². The minimum absolute atomic E-state index is 0.261. The summed E-state index contributed by atoms with van der Waals surface area (Å²) in [6.45, 7) is 1.74. The fraction of sp³-hybridized carbons (Fsp3) is 0.500. The van der Waals surface area contributed by atoms with E-state index in [-0.39, 0.29) is 5.82 Å². The van der Waals surface area contributed by atoms with Crippen LogP contribution in [0.2, 0.25) is 5.02 Å². The van der Waals surface area contributed by atoms with Gasteiger partial charge in [-0.25, -0.2) is 4.39 Å². The van der Waals surface area contributed by atoms with Gasteiger partial charge in [-0.1, -0.05) is 18.0 Å². The Hall–Kier alpha value is -0.600. The Morgan fingerprint density at radius 2 is 2.13 bits per heavy atom. The zero-order valence-corrected chi connectivity index (χ0v) is 9.36. The standard InChI is InChI=1S/C12H15ClFN/c13-11-4-10(5-12(14)6-11)8-15-7-9-2-1-3-9/h4-6,9,15H,1-3,7-8H2. The lowest BCUT2D eigenvalue weighted by molar-refractivity contribution is 0.301. The molecule has 1 aromatic rings. The SMILES string of the molecule is Fc1cc(Cl)cc(CNCC2CCC2)c1. The quantitative estimate of drug-likeness (QED) is 0.832. The fourth-order valence-electron chi connectivity index (χ4n) is 1.83. The highest BCUT2D eigenvalue weighted by molar-refractivity contribution is 6.30. The molecule has 1 aliphatic rings. The highest BCUT2D eigenvalue weighted by Gasteiger charge is 2.16. The molecule has 15 heavy (non-hydrogen) atoms. The van der Waals surface area contributed by atoms with E-state index in [1.807, 2.05) is 0 Å². The van der Waals surface area contributed by atoms with Gasteiger partial charge in [0.05, 0.1) is 0 Å². The van der Waals surface area contributed by atoms with Crippen molar-refractivity contribution >= 4 is 11.6 Å². The maximum atomic E-state index is 13.0. The van der Waals surface area contributed by atoms with Crippen molar-refractivity contribution in [2.45, 2.75) is 25.8 Å². The average Bonchev–Trinajstić information content (AvgIpc) is 2.07. The van der Waals surface area contributed by atoms with E-state index in [0.29, 0.717) is 11.6 Å². The molecule has 0 aliphatic heterocycles. The molecule has 0 aromatic heterocycles. The second-order valence-corrected chi connectivity index (χ2v) is 4.64. The molecule has 0 bridgehead atoms. The van der Waals surface area contributed by atoms with Gasteiger partial charge in [-0.3, -0.25) is 0 Å². The molecular formula is C12H15ClFN. The predicted molar refractivity (Wildman–Crippen MR) is 60.5 cm³/mol. The summed E-state index contributed by atoms with van der Waals surface area (Å²) in [5.74, 6) is 0.567. The molecule has 0 amide bonds. The van der Waals surface area contributed by atoms with E-state index in [9.17, 15) is 4.39 Å². The van der Waals surface area contributed by atoms with Gasteiger partial charge in [0, 0.05) is 11.6 Å². The van der Waals surface area contributed by atoms with Crippen molar-refractivity contribution in [3.8, 4) is 0 Å². The van der Waals surface area contributed by atoms with Gasteiger partial charge >= 0.3 is 0 Å². The van der Waals surface area contributed by atoms with Gasteiger partial charge in [-0.15, -0.1) is 0 Å². The molecule has 1 aromatic carbocycles. The van der Waals surface area contributed by atoms with Crippen LogP contribution in [0.25, 0.3) is 0 Å². The van der Waals surface area contributed by atoms with E-state index in [0.717, 1.165) is 18.0 Å². The predicted octanol–water partition coefficient (Wildman–Crippen LogP) is 3.37. The number of hydrogen-bond acceptors (Lipinski definition) is 1. The van der Waals surface area contributed by atoms with E-state index >= 15 is 0 Å². The Labute approximate surface area is 94.6 Å². The van der Waals surface area contributed by atoms with Gasteiger partial charge in [0.25, 0.3) is 0 Å². The maximum absolute atomic E-state index is 13.0. The summed E-state index contributed by atoms with van der Waals surface area (Å²) in [4.78, 5) is 0. The summed E-state index contributed by atoms with van der Waals surface area (Å²) >= 11 is 5.76. The molecule has 0 saturated heterocycles. The topological polar surface area (TPSA) is 12.0 Å². The second kappa shape index (κ2) is 4.95. The summed E-state index contributed by atoms with van der Waals surface area (Å²) in [6.07, 6.45) is 4.02. The summed E-state index contributed by atoms with van der Waals surface area (Å²) in [7, 11) is 0. The molecule has 82 valence electrons. The lowest BCUT2D eigenvalue weighted by atomic mass is 9.85. The number of nitrogens with one attached hydrogen (secondary N) is 1. The first kappa shape index (κ1) is 10.9. The van der Waals surface area contributed by atoms with Crippen LogP contribution in [0, 0.1) is 11.7 Å². The van der Waals surface area contributed by atoms with Crippen LogP contribution in [0.1, 0.15) is 24.8 Å². The highest BCUT2D eigenvalue weighted by atomic mass is 35.5. The van der Waals surface area contributed by atoms with E-state index in [1.54, 1.807) is 6.07 Å². The molecule has 0 heterocycles. The molecule has 0 radical (unpaired) electrons. The normalized spacial score (nSPS) is 16.4. The first-order chi connectivity index (χ1) is 7.24. The van der Waals surface area contributed by atoms with Crippen LogP contribution in [0.15, 0.2) is 18.2 Å². The van der Waals surface area contributed by atoms with Gasteiger partial charge in [0.15, 0.2) is 0 Å². The molecule has 1 nitrogen and oxygen atoms in total. The molecule has 1 fully saturated rings. The average molecular weight is 228 g/mol. The molecule has 1 saturated carbocycles. The smallest absolute Gasteiger partial charge is 0.125 e. The Morgan fingerprint density at radius 3 is 2.73 bits per heavy atom. The molecule has 0 spiro atoms. The Bertz CT molecular complexity index is 316. The van der Waals surface area contributed by atoms with Crippen LogP contribution in [-0.2, 0) is 6.54 Å². The lowest BCUT2D eigenvalue weighted by Crippen LogP contribution is -2.26. The van der Waals surface area contributed by atoms with Gasteiger partial charge in [0.2, 0.25) is 0 Å². The second-order valence-electron chi connectivity index (χ2n) is 4.21. The first-order valence-electron chi connectivity index (χ1n) is 5.40. The summed E-state index contributed by atoms with van der Waals surface area (Å²) in [5.41, 5.74) is 0.916. The van der Waals surface area contributed by atoms with Crippen LogP contribution in [0.4, 0.5) is 4.39 Å². The van der Waals surface area contributed by atoms with E-state index in [4.69, 9.17) is 11.6 Å². The van der Waals surface area contributed by atoms with Gasteiger partial charge < -0.3 is 5.32 Å². The molecule has 1 N–H and O–H groups in total. The van der Waals surface area contributed by atoms with Gasteiger partial charge in [0.1, 0.15) is 5.82 Å². The van der Waals surface area contributed by atoms with Crippen molar-refractivity contribution < 1.29 is 4.39 Å². The third-order valence-electron chi connectivity index (χ3n) is 2.91. The van der Waals surface area contributed by atoms with Crippen LogP contribution >= 0.6 is 11.6 Å². The van der Waals surface area contributed by atoms with Gasteiger partial charge in [-0.05, 0) is 49.1 Å². The molecular weight excluding hydrogens is 213 g/mol. The van der Waals surface area contributed by atoms with Crippen molar-refractivity contribution in [3.63, 3.8) is 0 Å². The minimum Gasteiger partial charge on any atom is -0.312 e. The summed E-state index contributed by atoms with van der Waals surface area (Å²) < 4.78 is 13.0. The minimum atomic E-state index is -0.261. The lowest BCUT2D eigenvalue weighted by Gasteiger charge is -2.25. The molecule has 3 heteroatoms. The fourth-order valence-corrected chi connectivity index (χ4v) is 2.07. The number of hydrogen-bond donors (Lipinski definition) is 1. The zero-order chi connectivity index (χ0) is 10.7. The zero-order valence-electron chi connectivity index (χ0n) is 8.60. The largest absolute Gasteiger partial charge is 0.312 e. The Morgan fingerprint density at radius 1 is 1.33 bits per heavy atom. The van der Waals surface area contributed by atoms with E-state index in [1.165, 1.54) is 31.4 Å². The Balaban J connectivity index is 1.81. The summed E-state index contributed by atoms with van der Waals surface area (Å²) in [6, 6.07) is 4.66. The molecule has 0 unspecified atom stereocenters. The number of halogens is 2. The van der Waals surface area contributed by atoms with Gasteiger partial charge in [-0.2, -0.15) is 0 Å². The van der Waals surface area contributed by atoms with Crippen molar-refractivity contribution in [3.05, 3.63) is 34.6 Å². The monoisotopic (exact) mass is 227 g/mol. The van der Waals surface area contributed by atoms with Crippen molar-refractivity contribution in [2.75, 3.05) is 6.54 Å². The van der Waals surface area contributed by atoms with Crippen LogP contribution < -0.4 is 5.32 Å². The van der Waals surface area contributed by atoms with Crippen LogP contribution in [-0.4, -0.2) is 6.54 Å². The molecule has 2 rings (SSSR count). The summed E-state index contributed by atoms with van der Waals surface area (Å²) in [5, 5.41) is 3.80. The number of rotatable bonds is 4. The third kappa shape index (κ3) is 3.18. The molecule has 0 atom stereocenters. The van der Waals surface area contributed by atoms with Crippen LogP contribution in [0.3, 0.4) is 0 Å². The molecule has 1 aliphatic carbocycles. The third-order valence-corrected chi connectivity index (χ3v) is 3.13.